The van der Waals surface area contributed by atoms with Gasteiger partial charge in [-0.2, -0.15) is 5.26 Å². The van der Waals surface area contributed by atoms with E-state index in [0.29, 0.717) is 35.1 Å². The fourth-order valence-corrected chi connectivity index (χ4v) is 3.49. The summed E-state index contributed by atoms with van der Waals surface area (Å²) in [5, 5.41) is 15.1. The predicted octanol–water partition coefficient (Wildman–Crippen LogP) is 5.27. The Labute approximate surface area is 216 Å². The van der Waals surface area contributed by atoms with E-state index in [2.05, 4.69) is 10.6 Å². The number of carbonyl (C=O) groups excluding carboxylic acids is 2. The van der Waals surface area contributed by atoms with E-state index >= 15 is 0 Å². The highest BCUT2D eigenvalue weighted by molar-refractivity contribution is 6.09. The van der Waals surface area contributed by atoms with Gasteiger partial charge in [0.2, 0.25) is 0 Å². The van der Waals surface area contributed by atoms with Gasteiger partial charge in [-0.25, -0.2) is 0 Å². The van der Waals surface area contributed by atoms with E-state index in [-0.39, 0.29) is 18.1 Å². The van der Waals surface area contributed by atoms with Gasteiger partial charge in [0.15, 0.2) is 18.1 Å². The summed E-state index contributed by atoms with van der Waals surface area (Å²) in [5.74, 6) is 0.545. The number of nitriles is 1. The summed E-state index contributed by atoms with van der Waals surface area (Å²) in [6.07, 6.45) is 1.45. The molecule has 37 heavy (non-hydrogen) atoms. The summed E-state index contributed by atoms with van der Waals surface area (Å²) in [6.45, 7) is 6.12. The lowest BCUT2D eigenvalue weighted by molar-refractivity contribution is -0.118. The maximum Gasteiger partial charge on any atom is 0.266 e. The molecule has 8 nitrogen and oxygen atoms in total. The van der Waals surface area contributed by atoms with E-state index in [0.717, 1.165) is 16.8 Å². The molecule has 0 unspecified atom stereocenters. The second-order valence-electron chi connectivity index (χ2n) is 8.15. The van der Waals surface area contributed by atoms with E-state index < -0.39 is 5.91 Å². The molecule has 2 amide bonds. The van der Waals surface area contributed by atoms with Gasteiger partial charge in [-0.3, -0.25) is 9.59 Å². The number of methoxy groups -OCH3 is 1. The number of nitrogens with zero attached hydrogens (tertiary/aromatic N) is 1. The molecule has 190 valence electrons. The molecule has 3 aromatic carbocycles. The van der Waals surface area contributed by atoms with Crippen molar-refractivity contribution in [2.24, 2.45) is 0 Å². The van der Waals surface area contributed by atoms with Crippen molar-refractivity contribution in [2.75, 3.05) is 31.0 Å². The van der Waals surface area contributed by atoms with Crippen molar-refractivity contribution in [3.63, 3.8) is 0 Å². The number of nitrogens with one attached hydrogen (secondary N) is 2. The van der Waals surface area contributed by atoms with Crippen LogP contribution in [0.5, 0.6) is 17.2 Å². The fraction of sp³-hybridized carbons (Fsp3) is 0.207. The van der Waals surface area contributed by atoms with Crippen molar-refractivity contribution in [1.82, 2.24) is 0 Å². The van der Waals surface area contributed by atoms with Crippen molar-refractivity contribution in [3.8, 4) is 23.3 Å². The zero-order chi connectivity index (χ0) is 26.8. The first kappa shape index (κ1) is 26.8. The lowest BCUT2D eigenvalue weighted by Crippen LogP contribution is -2.20. The van der Waals surface area contributed by atoms with Crippen molar-refractivity contribution in [1.29, 1.82) is 5.26 Å². The SMILES string of the molecule is CCOc1ccc(NC(=O)/C(C#N)=C/c2ccc(OCC(=O)Nc3ccc(C)cc3C)c(OC)c2)cc1. The quantitative estimate of drug-likeness (QED) is 0.290. The summed E-state index contributed by atoms with van der Waals surface area (Å²) in [7, 11) is 1.47. The fourth-order valence-electron chi connectivity index (χ4n) is 3.49. The van der Waals surface area contributed by atoms with Crippen LogP contribution in [0.4, 0.5) is 11.4 Å². The van der Waals surface area contributed by atoms with E-state index in [1.165, 1.54) is 13.2 Å². The zero-order valence-electron chi connectivity index (χ0n) is 21.3. The topological polar surface area (TPSA) is 110 Å². The van der Waals surface area contributed by atoms with Crippen LogP contribution in [-0.2, 0) is 9.59 Å². The Hall–Kier alpha value is -4.77. The van der Waals surface area contributed by atoms with Crippen molar-refractivity contribution in [2.45, 2.75) is 20.8 Å². The number of benzene rings is 3. The Morgan fingerprint density at radius 1 is 0.946 bits per heavy atom. The summed E-state index contributed by atoms with van der Waals surface area (Å²) in [4.78, 5) is 25.0. The van der Waals surface area contributed by atoms with E-state index in [1.807, 2.05) is 45.0 Å². The van der Waals surface area contributed by atoms with Gasteiger partial charge in [0.1, 0.15) is 17.4 Å². The minimum absolute atomic E-state index is 0.0857. The van der Waals surface area contributed by atoms with Crippen molar-refractivity contribution < 1.29 is 23.8 Å². The molecule has 0 aromatic heterocycles. The number of ether oxygens (including phenoxy) is 3. The molecule has 8 heteroatoms. The van der Waals surface area contributed by atoms with E-state index in [4.69, 9.17) is 14.2 Å². The van der Waals surface area contributed by atoms with Gasteiger partial charge in [-0.05, 0) is 80.4 Å². The van der Waals surface area contributed by atoms with E-state index in [1.54, 1.807) is 42.5 Å². The Balaban J connectivity index is 1.66. The number of hydrogen-bond acceptors (Lipinski definition) is 6. The Morgan fingerprint density at radius 2 is 1.70 bits per heavy atom. The summed E-state index contributed by atoms with van der Waals surface area (Å²) >= 11 is 0. The minimum Gasteiger partial charge on any atom is -0.494 e. The standard InChI is InChI=1S/C29H29N3O5/c1-5-36-24-10-8-23(9-11-24)31-29(34)22(17-30)15-21-7-13-26(27(16-21)35-4)37-18-28(33)32-25-12-6-19(2)14-20(25)3/h6-16H,5,18H2,1-4H3,(H,31,34)(H,32,33)/b22-15+. The number of carbonyl (C=O) groups is 2. The molecule has 0 saturated heterocycles. The van der Waals surface area contributed by atoms with Gasteiger partial charge in [-0.1, -0.05) is 23.8 Å². The molecule has 0 aliphatic heterocycles. The first-order valence-corrected chi connectivity index (χ1v) is 11.7. The number of amides is 2. The third-order valence-corrected chi connectivity index (χ3v) is 5.30. The molecular weight excluding hydrogens is 470 g/mol. The second-order valence-corrected chi connectivity index (χ2v) is 8.15. The largest absolute Gasteiger partial charge is 0.494 e. The molecule has 0 aliphatic rings. The van der Waals surface area contributed by atoms with E-state index in [9.17, 15) is 14.9 Å². The molecule has 3 aromatic rings. The average Bonchev–Trinajstić information content (AvgIpc) is 2.89. The van der Waals surface area contributed by atoms with Crippen LogP contribution in [0.3, 0.4) is 0 Å². The molecule has 0 radical (unpaired) electrons. The third-order valence-electron chi connectivity index (χ3n) is 5.30. The first-order valence-electron chi connectivity index (χ1n) is 11.7. The molecule has 0 fully saturated rings. The summed E-state index contributed by atoms with van der Waals surface area (Å²) in [5.41, 5.74) is 3.80. The minimum atomic E-state index is -0.547. The Bertz CT molecular complexity index is 1340. The molecular formula is C29H29N3O5. The van der Waals surface area contributed by atoms with Crippen LogP contribution in [0.1, 0.15) is 23.6 Å². The Morgan fingerprint density at radius 3 is 2.35 bits per heavy atom. The van der Waals surface area contributed by atoms with Gasteiger partial charge in [0.05, 0.1) is 13.7 Å². The van der Waals surface area contributed by atoms with Crippen molar-refractivity contribution >= 4 is 29.3 Å². The zero-order valence-corrected chi connectivity index (χ0v) is 21.3. The van der Waals surface area contributed by atoms with Crippen LogP contribution in [0.2, 0.25) is 0 Å². The lowest BCUT2D eigenvalue weighted by atomic mass is 10.1. The molecule has 0 atom stereocenters. The number of hydrogen-bond donors (Lipinski definition) is 2. The highest BCUT2D eigenvalue weighted by Gasteiger charge is 2.13. The molecule has 3 rings (SSSR count). The van der Waals surface area contributed by atoms with Crippen LogP contribution in [-0.4, -0.2) is 32.1 Å². The molecule has 0 aliphatic carbocycles. The highest BCUT2D eigenvalue weighted by Crippen LogP contribution is 2.29. The van der Waals surface area contributed by atoms with Gasteiger partial charge in [-0.15, -0.1) is 0 Å². The number of anilines is 2. The lowest BCUT2D eigenvalue weighted by Gasteiger charge is -2.13. The smallest absolute Gasteiger partial charge is 0.266 e. The number of rotatable bonds is 10. The van der Waals surface area contributed by atoms with Gasteiger partial charge < -0.3 is 24.8 Å². The maximum atomic E-state index is 12.6. The summed E-state index contributed by atoms with van der Waals surface area (Å²) in [6, 6.07) is 19.5. The van der Waals surface area contributed by atoms with Crippen LogP contribution >= 0.6 is 0 Å². The van der Waals surface area contributed by atoms with Crippen LogP contribution in [0.15, 0.2) is 66.2 Å². The average molecular weight is 500 g/mol. The third kappa shape index (κ3) is 7.61. The Kier molecular flexibility index (Phi) is 9.28. The molecule has 0 bridgehead atoms. The van der Waals surface area contributed by atoms with Gasteiger partial charge >= 0.3 is 0 Å². The van der Waals surface area contributed by atoms with Crippen LogP contribution in [0.25, 0.3) is 6.08 Å². The highest BCUT2D eigenvalue weighted by atomic mass is 16.5. The van der Waals surface area contributed by atoms with Crippen LogP contribution < -0.4 is 24.8 Å². The maximum absolute atomic E-state index is 12.6. The molecule has 0 saturated carbocycles. The van der Waals surface area contributed by atoms with Crippen LogP contribution in [0, 0.1) is 25.2 Å². The second kappa shape index (κ2) is 12.8. The summed E-state index contributed by atoms with van der Waals surface area (Å²) < 4.78 is 16.4. The number of aryl methyl sites for hydroxylation is 2. The normalized spacial score (nSPS) is 10.7. The molecule has 2 N–H and O–H groups in total. The van der Waals surface area contributed by atoms with Gasteiger partial charge in [0.25, 0.3) is 11.8 Å². The monoisotopic (exact) mass is 499 g/mol. The molecule has 0 heterocycles. The molecule has 0 spiro atoms. The van der Waals surface area contributed by atoms with Gasteiger partial charge in [0, 0.05) is 11.4 Å². The first-order chi connectivity index (χ1) is 17.8. The predicted molar refractivity (Wildman–Crippen MR) is 143 cm³/mol. The van der Waals surface area contributed by atoms with Crippen molar-refractivity contribution in [3.05, 3.63) is 82.9 Å².